The number of hydrazone groups is 1. The number of rotatable bonds is 6. The number of phenols is 1. The molecule has 0 bridgehead atoms. The first-order valence-corrected chi connectivity index (χ1v) is 8.61. The fraction of sp³-hybridized carbons (Fsp3) is 0.0556. The Morgan fingerprint density at radius 2 is 2.08 bits per heavy atom. The number of fused-ring (bicyclic) bond motifs is 1. The van der Waals surface area contributed by atoms with E-state index in [0.717, 1.165) is 15.8 Å². The van der Waals surface area contributed by atoms with Gasteiger partial charge in [-0.25, -0.2) is 5.43 Å². The van der Waals surface area contributed by atoms with Crippen molar-refractivity contribution in [1.82, 2.24) is 10.4 Å². The van der Waals surface area contributed by atoms with Crippen LogP contribution in [-0.2, 0) is 4.79 Å². The quantitative estimate of drug-likeness (QED) is 0.300. The van der Waals surface area contributed by atoms with Crippen molar-refractivity contribution in [3.8, 4) is 5.75 Å². The molecule has 3 aromatic rings. The lowest BCUT2D eigenvalue weighted by atomic mass is 10.2. The molecule has 7 nitrogen and oxygen atoms in total. The van der Waals surface area contributed by atoms with Gasteiger partial charge in [-0.3, -0.25) is 9.78 Å². The van der Waals surface area contributed by atoms with Gasteiger partial charge >= 0.3 is 0 Å². The van der Waals surface area contributed by atoms with E-state index >= 15 is 0 Å². The molecular weight excluding hydrogens is 352 g/mol. The Morgan fingerprint density at radius 3 is 2.92 bits per heavy atom. The maximum absolute atomic E-state index is 12.0. The molecule has 0 aliphatic heterocycles. The van der Waals surface area contributed by atoms with Crippen LogP contribution < -0.4 is 5.43 Å². The zero-order valence-corrected chi connectivity index (χ0v) is 14.3. The van der Waals surface area contributed by atoms with Gasteiger partial charge in [-0.05, 0) is 35.5 Å². The number of amides is 1. The number of phenolic OH excluding ortho intramolecular Hbond substituents is 1. The molecule has 0 aliphatic carbocycles. The summed E-state index contributed by atoms with van der Waals surface area (Å²) >= 11 is 1.36. The van der Waals surface area contributed by atoms with E-state index in [1.807, 2.05) is 30.3 Å². The zero-order chi connectivity index (χ0) is 18.4. The van der Waals surface area contributed by atoms with Gasteiger partial charge in [-0.15, -0.1) is 16.7 Å². The van der Waals surface area contributed by atoms with E-state index in [9.17, 15) is 14.8 Å². The Morgan fingerprint density at radius 1 is 1.23 bits per heavy atom. The minimum Gasteiger partial charge on any atom is -0.507 e. The first-order valence-electron chi connectivity index (χ1n) is 7.62. The van der Waals surface area contributed by atoms with Crippen LogP contribution in [0.3, 0.4) is 0 Å². The molecule has 1 heterocycles. The Hall–Kier alpha value is -3.26. The average Bonchev–Trinajstić information content (AvgIpc) is 2.67. The summed E-state index contributed by atoms with van der Waals surface area (Å²) in [6.07, 6.45) is 2.97. The number of thioether (sulfide) groups is 1. The molecule has 3 rings (SSSR count). The van der Waals surface area contributed by atoms with Crippen molar-refractivity contribution in [3.05, 3.63) is 65.2 Å². The predicted octanol–water partition coefficient (Wildman–Crippen LogP) is 3.58. The summed E-state index contributed by atoms with van der Waals surface area (Å²) in [7, 11) is 0. The Bertz CT molecular complexity index is 986. The SMILES string of the molecule is O=Nc1ccc(O)c(/C=N/NC(=O)CSc2cccc3cccnc23)c1. The fourth-order valence-electron chi connectivity index (χ4n) is 2.24. The van der Waals surface area contributed by atoms with Gasteiger partial charge in [-0.1, -0.05) is 18.2 Å². The number of carbonyl (C=O) groups is 1. The first kappa shape index (κ1) is 17.6. The number of nitrogens with one attached hydrogen (secondary N) is 1. The van der Waals surface area contributed by atoms with Gasteiger partial charge in [0.15, 0.2) is 0 Å². The number of nitroso groups, excluding NO2 is 1. The standard InChI is InChI=1S/C18H14N4O3S/c23-15-7-6-14(22-25)9-13(15)10-20-21-17(24)11-26-16-5-1-3-12-4-2-8-19-18(12)16/h1-10,23H,11H2,(H,21,24)/b20-10+. The van der Waals surface area contributed by atoms with E-state index < -0.39 is 0 Å². The number of para-hydroxylation sites is 1. The van der Waals surface area contributed by atoms with E-state index in [1.165, 1.54) is 36.2 Å². The van der Waals surface area contributed by atoms with Crippen LogP contribution in [0.25, 0.3) is 10.9 Å². The molecule has 0 aliphatic rings. The van der Waals surface area contributed by atoms with Crippen LogP contribution in [0.1, 0.15) is 5.56 Å². The molecular formula is C18H14N4O3S. The number of benzene rings is 2. The molecule has 1 aromatic heterocycles. The molecule has 0 radical (unpaired) electrons. The van der Waals surface area contributed by atoms with Crippen molar-refractivity contribution >= 4 is 40.5 Å². The van der Waals surface area contributed by atoms with Crippen molar-refractivity contribution in [2.75, 3.05) is 5.75 Å². The van der Waals surface area contributed by atoms with Crippen molar-refractivity contribution in [3.63, 3.8) is 0 Å². The van der Waals surface area contributed by atoms with Gasteiger partial charge in [0, 0.05) is 22.0 Å². The predicted molar refractivity (Wildman–Crippen MR) is 102 cm³/mol. The molecule has 2 aromatic carbocycles. The maximum atomic E-state index is 12.0. The highest BCUT2D eigenvalue weighted by molar-refractivity contribution is 8.00. The monoisotopic (exact) mass is 366 g/mol. The topological polar surface area (TPSA) is 104 Å². The molecule has 130 valence electrons. The number of hydrogen-bond acceptors (Lipinski definition) is 7. The molecule has 0 fully saturated rings. The molecule has 0 saturated carbocycles. The molecule has 0 saturated heterocycles. The minimum atomic E-state index is -0.302. The number of aromatic nitrogens is 1. The van der Waals surface area contributed by atoms with Crippen molar-refractivity contribution < 1.29 is 9.90 Å². The zero-order valence-electron chi connectivity index (χ0n) is 13.5. The molecule has 26 heavy (non-hydrogen) atoms. The lowest BCUT2D eigenvalue weighted by molar-refractivity contribution is -0.118. The van der Waals surface area contributed by atoms with Crippen LogP contribution in [0.2, 0.25) is 0 Å². The van der Waals surface area contributed by atoms with E-state index in [2.05, 4.69) is 20.7 Å². The molecule has 0 unspecified atom stereocenters. The summed E-state index contributed by atoms with van der Waals surface area (Å²) in [5.74, 6) is -0.204. The van der Waals surface area contributed by atoms with Gasteiger partial charge in [0.05, 0.1) is 17.5 Å². The molecule has 2 N–H and O–H groups in total. The maximum Gasteiger partial charge on any atom is 0.250 e. The summed E-state index contributed by atoms with van der Waals surface area (Å²) in [4.78, 5) is 27.7. The van der Waals surface area contributed by atoms with Crippen LogP contribution >= 0.6 is 11.8 Å². The number of aromatic hydroxyl groups is 1. The summed E-state index contributed by atoms with van der Waals surface area (Å²) < 4.78 is 0. The lowest BCUT2D eigenvalue weighted by Gasteiger charge is -2.04. The van der Waals surface area contributed by atoms with Gasteiger partial charge in [0.1, 0.15) is 11.4 Å². The van der Waals surface area contributed by atoms with Gasteiger partial charge in [0.2, 0.25) is 5.91 Å². The molecule has 1 amide bonds. The van der Waals surface area contributed by atoms with Crippen LogP contribution in [-0.4, -0.2) is 28.0 Å². The number of pyridine rings is 1. The average molecular weight is 366 g/mol. The van der Waals surface area contributed by atoms with Gasteiger partial charge in [0.25, 0.3) is 0 Å². The largest absolute Gasteiger partial charge is 0.507 e. The number of nitrogens with zero attached hydrogens (tertiary/aromatic N) is 3. The Balaban J connectivity index is 1.60. The minimum absolute atomic E-state index is 0.0633. The Kier molecular flexibility index (Phi) is 5.55. The van der Waals surface area contributed by atoms with Crippen LogP contribution in [0, 0.1) is 4.91 Å². The molecule has 0 spiro atoms. The summed E-state index contributed by atoms with van der Waals surface area (Å²) in [6.45, 7) is 0. The van der Waals surface area contributed by atoms with Gasteiger partial charge in [-0.2, -0.15) is 5.10 Å². The third-order valence-corrected chi connectivity index (χ3v) is 4.51. The lowest BCUT2D eigenvalue weighted by Crippen LogP contribution is -2.19. The highest BCUT2D eigenvalue weighted by Crippen LogP contribution is 2.26. The van der Waals surface area contributed by atoms with Crippen LogP contribution in [0.15, 0.2) is 69.9 Å². The number of carbonyl (C=O) groups excluding carboxylic acids is 1. The van der Waals surface area contributed by atoms with E-state index in [4.69, 9.17) is 0 Å². The van der Waals surface area contributed by atoms with Crippen LogP contribution in [0.5, 0.6) is 5.75 Å². The van der Waals surface area contributed by atoms with Crippen LogP contribution in [0.4, 0.5) is 5.69 Å². The number of hydrogen-bond donors (Lipinski definition) is 2. The first-order chi connectivity index (χ1) is 12.7. The Labute approximate surface area is 153 Å². The third kappa shape index (κ3) is 4.22. The van der Waals surface area contributed by atoms with E-state index in [-0.39, 0.29) is 28.7 Å². The van der Waals surface area contributed by atoms with Crippen molar-refractivity contribution in [1.29, 1.82) is 0 Å². The summed E-state index contributed by atoms with van der Waals surface area (Å²) in [5.41, 5.74) is 3.68. The smallest absolute Gasteiger partial charge is 0.250 e. The van der Waals surface area contributed by atoms with Crippen molar-refractivity contribution in [2.45, 2.75) is 4.90 Å². The second-order valence-electron chi connectivity index (χ2n) is 5.25. The summed E-state index contributed by atoms with van der Waals surface area (Å²) in [5, 5.41) is 17.3. The highest BCUT2D eigenvalue weighted by atomic mass is 32.2. The summed E-state index contributed by atoms with van der Waals surface area (Å²) in [6, 6.07) is 13.7. The highest BCUT2D eigenvalue weighted by Gasteiger charge is 2.06. The van der Waals surface area contributed by atoms with E-state index in [1.54, 1.807) is 6.20 Å². The molecule has 8 heteroatoms. The fourth-order valence-corrected chi connectivity index (χ4v) is 3.08. The van der Waals surface area contributed by atoms with Gasteiger partial charge < -0.3 is 5.11 Å². The second kappa shape index (κ2) is 8.21. The van der Waals surface area contributed by atoms with E-state index in [0.29, 0.717) is 0 Å². The van der Waals surface area contributed by atoms with Crippen molar-refractivity contribution in [2.24, 2.45) is 10.3 Å². The second-order valence-corrected chi connectivity index (χ2v) is 6.26. The normalized spacial score (nSPS) is 10.9. The molecule has 0 atom stereocenters. The third-order valence-electron chi connectivity index (χ3n) is 3.46.